The minimum atomic E-state index is -0.148. The van der Waals surface area contributed by atoms with Crippen LogP contribution in [0.4, 0.5) is 0 Å². The molecule has 0 aromatic heterocycles. The quantitative estimate of drug-likeness (QED) is 0.797. The van der Waals surface area contributed by atoms with Crippen molar-refractivity contribution in [3.8, 4) is 0 Å². The fraction of sp³-hybridized carbons (Fsp3) is 0.462. The van der Waals surface area contributed by atoms with Crippen molar-refractivity contribution in [3.05, 3.63) is 34.9 Å². The van der Waals surface area contributed by atoms with Gasteiger partial charge in [0.2, 0.25) is 5.91 Å². The van der Waals surface area contributed by atoms with Gasteiger partial charge in [0.1, 0.15) is 0 Å². The first-order chi connectivity index (χ1) is 7.74. The van der Waals surface area contributed by atoms with E-state index in [4.69, 9.17) is 11.6 Å². The van der Waals surface area contributed by atoms with Crippen molar-refractivity contribution in [1.82, 2.24) is 5.32 Å². The summed E-state index contributed by atoms with van der Waals surface area (Å²) in [6, 6.07) is 7.89. The molecular formula is C13H14ClNO. The van der Waals surface area contributed by atoms with Gasteiger partial charge in [-0.25, -0.2) is 0 Å². The zero-order valence-corrected chi connectivity index (χ0v) is 9.76. The van der Waals surface area contributed by atoms with Crippen LogP contribution in [0.1, 0.15) is 30.7 Å². The number of nitrogens with one attached hydrogen (secondary N) is 1. The smallest absolute Gasteiger partial charge is 0.226 e. The van der Waals surface area contributed by atoms with Gasteiger partial charge in [-0.2, -0.15) is 0 Å². The Kier molecular flexibility index (Phi) is 2.21. The summed E-state index contributed by atoms with van der Waals surface area (Å²) < 4.78 is 0. The van der Waals surface area contributed by atoms with Gasteiger partial charge in [-0.15, -0.1) is 0 Å². The van der Waals surface area contributed by atoms with Crippen LogP contribution in [0.15, 0.2) is 24.3 Å². The van der Waals surface area contributed by atoms with Gasteiger partial charge in [-0.3, -0.25) is 4.79 Å². The van der Waals surface area contributed by atoms with Crippen molar-refractivity contribution < 1.29 is 4.79 Å². The van der Waals surface area contributed by atoms with E-state index in [9.17, 15) is 4.79 Å². The Morgan fingerprint density at radius 2 is 2.06 bits per heavy atom. The molecule has 3 heteroatoms. The molecule has 1 aliphatic carbocycles. The average Bonchev–Trinajstić information content (AvgIpc) is 2.56. The second-order valence-electron chi connectivity index (χ2n) is 4.79. The molecule has 0 radical (unpaired) electrons. The first-order valence-electron chi connectivity index (χ1n) is 5.77. The third-order valence-electron chi connectivity index (χ3n) is 4.11. The van der Waals surface area contributed by atoms with Crippen LogP contribution >= 0.6 is 11.6 Å². The van der Waals surface area contributed by atoms with Crippen LogP contribution < -0.4 is 5.32 Å². The summed E-state index contributed by atoms with van der Waals surface area (Å²) in [7, 11) is 0. The summed E-state index contributed by atoms with van der Waals surface area (Å²) in [4.78, 5) is 11.9. The molecule has 2 aliphatic rings. The number of halogens is 1. The van der Waals surface area contributed by atoms with Crippen molar-refractivity contribution in [2.24, 2.45) is 5.41 Å². The highest BCUT2D eigenvalue weighted by Crippen LogP contribution is 2.54. The Hall–Kier alpha value is -1.02. The lowest BCUT2D eigenvalue weighted by Crippen LogP contribution is -2.40. The summed E-state index contributed by atoms with van der Waals surface area (Å²) in [5.74, 6) is 0.492. The molecule has 1 saturated carbocycles. The fourth-order valence-corrected chi connectivity index (χ4v) is 3.29. The van der Waals surface area contributed by atoms with E-state index in [1.165, 1.54) is 0 Å². The van der Waals surface area contributed by atoms with Crippen molar-refractivity contribution in [2.75, 3.05) is 6.54 Å². The Balaban J connectivity index is 2.02. The van der Waals surface area contributed by atoms with Crippen LogP contribution in [0.3, 0.4) is 0 Å². The zero-order valence-electron chi connectivity index (χ0n) is 9.00. The molecule has 1 amide bonds. The third-order valence-corrected chi connectivity index (χ3v) is 4.46. The van der Waals surface area contributed by atoms with E-state index >= 15 is 0 Å². The predicted molar refractivity (Wildman–Crippen MR) is 63.5 cm³/mol. The number of benzene rings is 1. The van der Waals surface area contributed by atoms with Crippen LogP contribution in [0, 0.1) is 5.41 Å². The Labute approximate surface area is 100.0 Å². The van der Waals surface area contributed by atoms with Crippen LogP contribution in [0.25, 0.3) is 0 Å². The lowest BCUT2D eigenvalue weighted by Gasteiger charge is -2.40. The number of carbonyl (C=O) groups is 1. The van der Waals surface area contributed by atoms with Gasteiger partial charge >= 0.3 is 0 Å². The third kappa shape index (κ3) is 1.23. The molecule has 1 spiro atoms. The summed E-state index contributed by atoms with van der Waals surface area (Å²) in [5, 5.41) is 3.78. The summed E-state index contributed by atoms with van der Waals surface area (Å²) in [6.45, 7) is 0.739. The second kappa shape index (κ2) is 3.49. The molecule has 1 heterocycles. The molecule has 1 atom stereocenters. The Morgan fingerprint density at radius 1 is 1.31 bits per heavy atom. The van der Waals surface area contributed by atoms with E-state index in [2.05, 4.69) is 5.32 Å². The summed E-state index contributed by atoms with van der Waals surface area (Å²) in [6.07, 6.45) is 3.18. The van der Waals surface area contributed by atoms with Gasteiger partial charge in [0.25, 0.3) is 0 Å². The number of carbonyl (C=O) groups excluding carboxylic acids is 1. The molecule has 84 valence electrons. The average molecular weight is 236 g/mol. The molecule has 2 nitrogen and oxygen atoms in total. The van der Waals surface area contributed by atoms with Crippen LogP contribution in [0.5, 0.6) is 0 Å². The van der Waals surface area contributed by atoms with Gasteiger partial charge in [0.05, 0.1) is 5.41 Å². The van der Waals surface area contributed by atoms with Crippen molar-refractivity contribution in [3.63, 3.8) is 0 Å². The SMILES string of the molecule is O=C1NC[C@H](c2ccccc2Cl)C12CCC2. The molecule has 1 saturated heterocycles. The Morgan fingerprint density at radius 3 is 2.69 bits per heavy atom. The first-order valence-corrected chi connectivity index (χ1v) is 6.14. The highest BCUT2D eigenvalue weighted by atomic mass is 35.5. The molecule has 0 unspecified atom stereocenters. The molecule has 1 aromatic carbocycles. The van der Waals surface area contributed by atoms with Gasteiger partial charge in [0.15, 0.2) is 0 Å². The van der Waals surface area contributed by atoms with Gasteiger partial charge in [-0.1, -0.05) is 36.2 Å². The van der Waals surface area contributed by atoms with Crippen LogP contribution in [-0.2, 0) is 4.79 Å². The van der Waals surface area contributed by atoms with Crippen molar-refractivity contribution in [2.45, 2.75) is 25.2 Å². The maximum absolute atomic E-state index is 11.9. The van der Waals surface area contributed by atoms with Crippen LogP contribution in [-0.4, -0.2) is 12.5 Å². The molecule has 2 fully saturated rings. The predicted octanol–water partition coefficient (Wildman–Crippen LogP) is 2.72. The fourth-order valence-electron chi connectivity index (χ4n) is 3.02. The lowest BCUT2D eigenvalue weighted by molar-refractivity contribution is -0.132. The van der Waals surface area contributed by atoms with Crippen molar-refractivity contribution in [1.29, 1.82) is 0 Å². The van der Waals surface area contributed by atoms with Crippen molar-refractivity contribution >= 4 is 17.5 Å². The number of amides is 1. The highest BCUT2D eigenvalue weighted by molar-refractivity contribution is 6.31. The molecule has 1 N–H and O–H groups in total. The Bertz CT molecular complexity index is 439. The summed E-state index contributed by atoms with van der Waals surface area (Å²) >= 11 is 6.22. The van der Waals surface area contributed by atoms with Crippen LogP contribution in [0.2, 0.25) is 5.02 Å². The number of hydrogen-bond acceptors (Lipinski definition) is 1. The van der Waals surface area contributed by atoms with E-state index in [0.29, 0.717) is 0 Å². The molecule has 3 rings (SSSR count). The standard InChI is InChI=1S/C13H14ClNO/c14-11-5-2-1-4-9(11)10-8-15-12(16)13(10)6-3-7-13/h1-2,4-5,10H,3,6-8H2,(H,15,16)/t10-/m1/s1. The maximum Gasteiger partial charge on any atom is 0.226 e. The lowest BCUT2D eigenvalue weighted by atomic mass is 9.61. The van der Waals surface area contributed by atoms with E-state index in [1.54, 1.807) is 0 Å². The molecular weight excluding hydrogens is 222 g/mol. The zero-order chi connectivity index (χ0) is 11.2. The normalized spacial score (nSPS) is 26.6. The number of rotatable bonds is 1. The molecule has 0 bridgehead atoms. The molecule has 1 aliphatic heterocycles. The maximum atomic E-state index is 11.9. The van der Waals surface area contributed by atoms with Gasteiger partial charge in [0, 0.05) is 17.5 Å². The van der Waals surface area contributed by atoms with Gasteiger partial charge in [-0.05, 0) is 24.5 Å². The van der Waals surface area contributed by atoms with E-state index < -0.39 is 0 Å². The monoisotopic (exact) mass is 235 g/mol. The first kappa shape index (κ1) is 10.2. The second-order valence-corrected chi connectivity index (χ2v) is 5.20. The van der Waals surface area contributed by atoms with E-state index in [1.807, 2.05) is 24.3 Å². The molecule has 1 aromatic rings. The van der Waals surface area contributed by atoms with E-state index in [0.717, 1.165) is 36.4 Å². The molecule has 16 heavy (non-hydrogen) atoms. The number of hydrogen-bond donors (Lipinski definition) is 1. The largest absolute Gasteiger partial charge is 0.355 e. The van der Waals surface area contributed by atoms with Gasteiger partial charge < -0.3 is 5.32 Å². The highest BCUT2D eigenvalue weighted by Gasteiger charge is 2.54. The summed E-state index contributed by atoms with van der Waals surface area (Å²) in [5.41, 5.74) is 0.979. The van der Waals surface area contributed by atoms with E-state index in [-0.39, 0.29) is 17.2 Å². The minimum Gasteiger partial charge on any atom is -0.355 e. The minimum absolute atomic E-state index is 0.148. The topological polar surface area (TPSA) is 29.1 Å².